The Balaban J connectivity index is 2.16. The van der Waals surface area contributed by atoms with Crippen molar-refractivity contribution in [2.24, 2.45) is 0 Å². The van der Waals surface area contributed by atoms with E-state index in [0.717, 1.165) is 24.6 Å². The van der Waals surface area contributed by atoms with Crippen LogP contribution in [0.25, 0.3) is 0 Å². The topological polar surface area (TPSA) is 33.2 Å². The molecule has 86 valence electrons. The first-order valence-corrected chi connectivity index (χ1v) is 6.77. The van der Waals surface area contributed by atoms with E-state index in [1.807, 2.05) is 16.7 Å². The van der Waals surface area contributed by atoms with E-state index in [1.165, 1.54) is 6.20 Å². The molecule has 0 saturated carbocycles. The summed E-state index contributed by atoms with van der Waals surface area (Å²) in [7, 11) is 0. The Bertz CT molecular complexity index is 408. The smallest absolute Gasteiger partial charge is 0.255 e. The summed E-state index contributed by atoms with van der Waals surface area (Å²) in [5, 5.41) is 0.548. The molecule has 1 fully saturated rings. The lowest BCUT2D eigenvalue weighted by Crippen LogP contribution is -2.37. The standard InChI is InChI=1S/C10H10Cl2N2OS/c11-8-5-7(6-13-9(8)12)10(15)14-1-3-16-4-2-14/h5-6H,1-4H2. The summed E-state index contributed by atoms with van der Waals surface area (Å²) in [6, 6.07) is 1.57. The number of amides is 1. The minimum Gasteiger partial charge on any atom is -0.337 e. The van der Waals surface area contributed by atoms with Gasteiger partial charge in [-0.2, -0.15) is 11.8 Å². The fourth-order valence-corrected chi connectivity index (χ4v) is 2.66. The molecule has 0 bridgehead atoms. The van der Waals surface area contributed by atoms with Crippen molar-refractivity contribution in [1.82, 2.24) is 9.88 Å². The maximum Gasteiger partial charge on any atom is 0.255 e. The number of thioether (sulfide) groups is 1. The molecule has 1 aromatic heterocycles. The van der Waals surface area contributed by atoms with E-state index >= 15 is 0 Å². The van der Waals surface area contributed by atoms with Crippen LogP contribution in [0.3, 0.4) is 0 Å². The number of carbonyl (C=O) groups excluding carboxylic acids is 1. The van der Waals surface area contributed by atoms with Gasteiger partial charge < -0.3 is 4.90 Å². The molecule has 1 aliphatic rings. The molecule has 1 saturated heterocycles. The van der Waals surface area contributed by atoms with Gasteiger partial charge in [0.15, 0.2) is 0 Å². The van der Waals surface area contributed by atoms with Gasteiger partial charge in [-0.15, -0.1) is 0 Å². The quantitative estimate of drug-likeness (QED) is 0.740. The molecule has 0 unspecified atom stereocenters. The lowest BCUT2D eigenvalue weighted by molar-refractivity contribution is 0.0772. The second-order valence-corrected chi connectivity index (χ2v) is 5.39. The third kappa shape index (κ3) is 2.62. The third-order valence-electron chi connectivity index (χ3n) is 2.34. The zero-order chi connectivity index (χ0) is 11.5. The van der Waals surface area contributed by atoms with Crippen molar-refractivity contribution in [2.45, 2.75) is 0 Å². The molecule has 1 aliphatic heterocycles. The number of hydrogen-bond donors (Lipinski definition) is 0. The Labute approximate surface area is 108 Å². The molecule has 0 N–H and O–H groups in total. The number of halogens is 2. The van der Waals surface area contributed by atoms with Gasteiger partial charge in [0.25, 0.3) is 5.91 Å². The number of aromatic nitrogens is 1. The van der Waals surface area contributed by atoms with Gasteiger partial charge in [0, 0.05) is 30.8 Å². The Morgan fingerprint density at radius 2 is 2.06 bits per heavy atom. The van der Waals surface area contributed by atoms with Crippen molar-refractivity contribution in [3.05, 3.63) is 28.0 Å². The van der Waals surface area contributed by atoms with Crippen molar-refractivity contribution in [3.63, 3.8) is 0 Å². The summed E-state index contributed by atoms with van der Waals surface area (Å²) in [5.74, 6) is 1.95. The minimum atomic E-state index is -0.0219. The molecule has 6 heteroatoms. The predicted octanol–water partition coefficient (Wildman–Crippen LogP) is 2.58. The molecular weight excluding hydrogens is 267 g/mol. The first-order chi connectivity index (χ1) is 7.68. The van der Waals surface area contributed by atoms with Crippen LogP contribution in [0.2, 0.25) is 10.2 Å². The molecule has 0 radical (unpaired) electrons. The zero-order valence-corrected chi connectivity index (χ0v) is 10.8. The second kappa shape index (κ2) is 5.25. The van der Waals surface area contributed by atoms with E-state index in [2.05, 4.69) is 4.98 Å². The summed E-state index contributed by atoms with van der Waals surface area (Å²) >= 11 is 13.4. The highest BCUT2D eigenvalue weighted by atomic mass is 35.5. The minimum absolute atomic E-state index is 0.0219. The SMILES string of the molecule is O=C(c1cnc(Cl)c(Cl)c1)N1CCSCC1. The highest BCUT2D eigenvalue weighted by Crippen LogP contribution is 2.21. The van der Waals surface area contributed by atoms with E-state index in [0.29, 0.717) is 10.6 Å². The molecule has 3 nitrogen and oxygen atoms in total. The largest absolute Gasteiger partial charge is 0.337 e. The van der Waals surface area contributed by atoms with Crippen molar-refractivity contribution >= 4 is 40.9 Å². The van der Waals surface area contributed by atoms with Crippen LogP contribution in [-0.4, -0.2) is 40.4 Å². The monoisotopic (exact) mass is 276 g/mol. The molecule has 0 aromatic carbocycles. The van der Waals surface area contributed by atoms with Gasteiger partial charge in [-0.1, -0.05) is 23.2 Å². The van der Waals surface area contributed by atoms with E-state index in [9.17, 15) is 4.79 Å². The number of rotatable bonds is 1. The molecule has 0 atom stereocenters. The van der Waals surface area contributed by atoms with Crippen LogP contribution in [0.5, 0.6) is 0 Å². The van der Waals surface area contributed by atoms with Crippen LogP contribution in [-0.2, 0) is 0 Å². The lowest BCUT2D eigenvalue weighted by Gasteiger charge is -2.26. The van der Waals surface area contributed by atoms with Gasteiger partial charge in [0.1, 0.15) is 5.15 Å². The van der Waals surface area contributed by atoms with Crippen molar-refractivity contribution in [2.75, 3.05) is 24.6 Å². The number of nitrogens with zero attached hydrogens (tertiary/aromatic N) is 2. The van der Waals surface area contributed by atoms with Crippen LogP contribution >= 0.6 is 35.0 Å². The number of pyridine rings is 1. The highest BCUT2D eigenvalue weighted by Gasteiger charge is 2.19. The maximum absolute atomic E-state index is 12.0. The van der Waals surface area contributed by atoms with Crippen LogP contribution < -0.4 is 0 Å². The fourth-order valence-electron chi connectivity index (χ4n) is 1.49. The van der Waals surface area contributed by atoms with E-state index < -0.39 is 0 Å². The summed E-state index contributed by atoms with van der Waals surface area (Å²) in [6.45, 7) is 1.56. The van der Waals surface area contributed by atoms with Crippen LogP contribution in [0.4, 0.5) is 0 Å². The van der Waals surface area contributed by atoms with E-state index in [1.54, 1.807) is 6.07 Å². The van der Waals surface area contributed by atoms with Crippen LogP contribution in [0.1, 0.15) is 10.4 Å². The van der Waals surface area contributed by atoms with E-state index in [4.69, 9.17) is 23.2 Å². The van der Waals surface area contributed by atoms with Crippen LogP contribution in [0, 0.1) is 0 Å². The van der Waals surface area contributed by atoms with Gasteiger partial charge in [-0.25, -0.2) is 4.98 Å². The Kier molecular flexibility index (Phi) is 3.95. The predicted molar refractivity (Wildman–Crippen MR) is 67.5 cm³/mol. The zero-order valence-electron chi connectivity index (χ0n) is 8.45. The first-order valence-electron chi connectivity index (χ1n) is 4.86. The molecule has 1 amide bonds. The molecule has 0 aliphatic carbocycles. The maximum atomic E-state index is 12.0. The van der Waals surface area contributed by atoms with Gasteiger partial charge in [-0.3, -0.25) is 4.79 Å². The Hall–Kier alpha value is -0.450. The summed E-state index contributed by atoms with van der Waals surface area (Å²) in [4.78, 5) is 17.7. The summed E-state index contributed by atoms with van der Waals surface area (Å²) in [5.41, 5.74) is 0.501. The lowest BCUT2D eigenvalue weighted by atomic mass is 10.2. The van der Waals surface area contributed by atoms with Gasteiger partial charge in [0.05, 0.1) is 10.6 Å². The molecular formula is C10H10Cl2N2OS. The average Bonchev–Trinajstić information content (AvgIpc) is 2.33. The van der Waals surface area contributed by atoms with Crippen LogP contribution in [0.15, 0.2) is 12.3 Å². The fraction of sp³-hybridized carbons (Fsp3) is 0.400. The Morgan fingerprint density at radius 3 is 2.69 bits per heavy atom. The van der Waals surface area contributed by atoms with Crippen molar-refractivity contribution in [3.8, 4) is 0 Å². The molecule has 2 rings (SSSR count). The Morgan fingerprint density at radius 1 is 1.38 bits per heavy atom. The normalized spacial score (nSPS) is 16.2. The van der Waals surface area contributed by atoms with Gasteiger partial charge in [0.2, 0.25) is 0 Å². The molecule has 0 spiro atoms. The molecule has 2 heterocycles. The summed E-state index contributed by atoms with van der Waals surface area (Å²) in [6.07, 6.45) is 1.47. The van der Waals surface area contributed by atoms with Gasteiger partial charge >= 0.3 is 0 Å². The molecule has 16 heavy (non-hydrogen) atoms. The third-order valence-corrected chi connectivity index (χ3v) is 3.97. The summed E-state index contributed by atoms with van der Waals surface area (Å²) < 4.78 is 0. The average molecular weight is 277 g/mol. The number of carbonyl (C=O) groups is 1. The molecule has 1 aromatic rings. The highest BCUT2D eigenvalue weighted by molar-refractivity contribution is 7.99. The van der Waals surface area contributed by atoms with E-state index in [-0.39, 0.29) is 11.1 Å². The first kappa shape index (κ1) is 12.0. The van der Waals surface area contributed by atoms with Crippen molar-refractivity contribution in [1.29, 1.82) is 0 Å². The number of hydrogen-bond acceptors (Lipinski definition) is 3. The van der Waals surface area contributed by atoms with Gasteiger partial charge in [-0.05, 0) is 6.07 Å². The second-order valence-electron chi connectivity index (χ2n) is 3.40. The van der Waals surface area contributed by atoms with Crippen molar-refractivity contribution < 1.29 is 4.79 Å².